The maximum atomic E-state index is 13.0. The highest BCUT2D eigenvalue weighted by Gasteiger charge is 2.32. The number of carboxylic acids is 1. The first-order valence-corrected chi connectivity index (χ1v) is 10.3. The van der Waals surface area contributed by atoms with Crippen LogP contribution in [0.4, 0.5) is 0 Å². The molecule has 0 saturated heterocycles. The number of aliphatic hydroxyl groups excluding tert-OH is 2. The first-order chi connectivity index (χ1) is 15.5. The van der Waals surface area contributed by atoms with Crippen molar-refractivity contribution in [1.29, 1.82) is 0 Å². The summed E-state index contributed by atoms with van der Waals surface area (Å²) in [5.74, 6) is -3.88. The number of para-hydroxylation sites is 1. The molecular formula is C21H29N5O7. The Bertz CT molecular complexity index is 1000. The molecule has 0 bridgehead atoms. The second-order valence-electron chi connectivity index (χ2n) is 7.72. The molecule has 0 radical (unpaired) electrons. The number of rotatable bonds is 11. The third kappa shape index (κ3) is 6.75. The summed E-state index contributed by atoms with van der Waals surface area (Å²) in [4.78, 5) is 51.9. The largest absolute Gasteiger partial charge is 0.480 e. The molecule has 3 amide bonds. The molecule has 5 unspecified atom stereocenters. The Kier molecular flexibility index (Phi) is 8.91. The van der Waals surface area contributed by atoms with Gasteiger partial charge in [-0.3, -0.25) is 14.4 Å². The molecule has 0 aliphatic carbocycles. The van der Waals surface area contributed by atoms with Crippen LogP contribution in [0.25, 0.3) is 10.9 Å². The monoisotopic (exact) mass is 463 g/mol. The van der Waals surface area contributed by atoms with E-state index < -0.39 is 60.6 Å². The molecule has 0 fully saturated rings. The molecule has 12 heteroatoms. The van der Waals surface area contributed by atoms with Gasteiger partial charge in [-0.05, 0) is 25.5 Å². The number of fused-ring (bicyclic) bond motifs is 1. The predicted molar refractivity (Wildman–Crippen MR) is 118 cm³/mol. The van der Waals surface area contributed by atoms with E-state index in [1.165, 1.54) is 13.8 Å². The van der Waals surface area contributed by atoms with E-state index in [1.807, 2.05) is 29.6 Å². The molecule has 2 rings (SSSR count). The fraction of sp³-hybridized carbons (Fsp3) is 0.429. The number of hydrogen-bond acceptors (Lipinski definition) is 7. The number of nitrogens with two attached hydrogens (primary N) is 1. The van der Waals surface area contributed by atoms with Gasteiger partial charge < -0.3 is 42.0 Å². The minimum absolute atomic E-state index is 0.0524. The number of carbonyl (C=O) groups is 4. The van der Waals surface area contributed by atoms with Crippen LogP contribution in [0.15, 0.2) is 30.5 Å². The SMILES string of the molecule is CC(N)C(=O)NC(Cc1c[nH]c2ccccc12)C(=O)NC(C(=O)NC(CO)C(=O)O)C(C)O. The molecule has 0 aliphatic heterocycles. The van der Waals surface area contributed by atoms with E-state index in [4.69, 9.17) is 15.9 Å². The van der Waals surface area contributed by atoms with Gasteiger partial charge in [-0.15, -0.1) is 0 Å². The summed E-state index contributed by atoms with van der Waals surface area (Å²) in [6.45, 7) is 1.80. The van der Waals surface area contributed by atoms with E-state index in [0.29, 0.717) is 0 Å². The molecule has 12 nitrogen and oxygen atoms in total. The van der Waals surface area contributed by atoms with Gasteiger partial charge >= 0.3 is 5.97 Å². The van der Waals surface area contributed by atoms with Gasteiger partial charge in [-0.25, -0.2) is 4.79 Å². The number of hydrogen-bond donors (Lipinski definition) is 8. The minimum Gasteiger partial charge on any atom is -0.480 e. The van der Waals surface area contributed by atoms with Crippen LogP contribution in [-0.4, -0.2) is 80.9 Å². The van der Waals surface area contributed by atoms with E-state index in [2.05, 4.69) is 15.6 Å². The summed E-state index contributed by atoms with van der Waals surface area (Å²) >= 11 is 0. The zero-order valence-electron chi connectivity index (χ0n) is 18.2. The van der Waals surface area contributed by atoms with E-state index in [9.17, 15) is 24.3 Å². The zero-order chi connectivity index (χ0) is 24.7. The Morgan fingerprint density at radius 2 is 1.64 bits per heavy atom. The number of carboxylic acid groups (broad SMARTS) is 1. The van der Waals surface area contributed by atoms with Gasteiger partial charge in [0.05, 0.1) is 18.8 Å². The topological polar surface area (TPSA) is 207 Å². The molecule has 0 spiro atoms. The first kappa shape index (κ1) is 25.8. The molecule has 1 aromatic carbocycles. The van der Waals surface area contributed by atoms with Crippen LogP contribution in [0.5, 0.6) is 0 Å². The standard InChI is InChI=1S/C21H29N5O7/c1-10(22)18(29)24-15(7-12-8-23-14-6-4-3-5-13(12)14)19(30)26-17(11(2)28)20(31)25-16(9-27)21(32)33/h3-6,8,10-11,15-17,23,27-28H,7,9,22H2,1-2H3,(H,24,29)(H,25,31)(H,26,30)(H,32,33). The summed E-state index contributed by atoms with van der Waals surface area (Å²) in [7, 11) is 0. The lowest BCUT2D eigenvalue weighted by molar-refractivity contribution is -0.144. The van der Waals surface area contributed by atoms with Crippen molar-refractivity contribution in [2.45, 2.75) is 50.5 Å². The molecule has 33 heavy (non-hydrogen) atoms. The summed E-state index contributed by atoms with van der Waals surface area (Å²) < 4.78 is 0. The highest BCUT2D eigenvalue weighted by atomic mass is 16.4. The number of amides is 3. The maximum Gasteiger partial charge on any atom is 0.328 e. The summed E-state index contributed by atoms with van der Waals surface area (Å²) in [6.07, 6.45) is 0.345. The van der Waals surface area contributed by atoms with E-state index in [0.717, 1.165) is 16.5 Å². The molecule has 5 atom stereocenters. The van der Waals surface area contributed by atoms with Crippen molar-refractivity contribution < 1.29 is 34.5 Å². The fourth-order valence-electron chi connectivity index (χ4n) is 3.14. The van der Waals surface area contributed by atoms with Crippen molar-refractivity contribution in [1.82, 2.24) is 20.9 Å². The van der Waals surface area contributed by atoms with Crippen molar-refractivity contribution in [2.24, 2.45) is 5.73 Å². The lowest BCUT2D eigenvalue weighted by Crippen LogP contribution is -2.60. The smallest absolute Gasteiger partial charge is 0.328 e. The van der Waals surface area contributed by atoms with Crippen LogP contribution in [0.2, 0.25) is 0 Å². The fourth-order valence-corrected chi connectivity index (χ4v) is 3.14. The number of carbonyl (C=O) groups excluding carboxylic acids is 3. The van der Waals surface area contributed by atoms with Crippen LogP contribution >= 0.6 is 0 Å². The van der Waals surface area contributed by atoms with Crippen molar-refractivity contribution in [2.75, 3.05) is 6.61 Å². The number of nitrogens with one attached hydrogen (secondary N) is 4. The quantitative estimate of drug-likeness (QED) is 0.186. The van der Waals surface area contributed by atoms with Crippen molar-refractivity contribution >= 4 is 34.6 Å². The number of H-pyrrole nitrogens is 1. The average molecular weight is 463 g/mol. The number of aliphatic hydroxyl groups is 2. The molecule has 1 heterocycles. The predicted octanol–water partition coefficient (Wildman–Crippen LogP) is -2.03. The van der Waals surface area contributed by atoms with Crippen LogP contribution in [0.1, 0.15) is 19.4 Å². The number of aromatic nitrogens is 1. The Balaban J connectivity index is 2.25. The van der Waals surface area contributed by atoms with Crippen LogP contribution < -0.4 is 21.7 Å². The van der Waals surface area contributed by atoms with Crippen LogP contribution in [-0.2, 0) is 25.6 Å². The van der Waals surface area contributed by atoms with Gasteiger partial charge in [0, 0.05) is 23.5 Å². The van der Waals surface area contributed by atoms with Gasteiger partial charge in [0.25, 0.3) is 0 Å². The second kappa shape index (κ2) is 11.4. The highest BCUT2D eigenvalue weighted by molar-refractivity contribution is 5.95. The molecule has 1 aromatic heterocycles. The van der Waals surface area contributed by atoms with Gasteiger partial charge in [-0.1, -0.05) is 18.2 Å². The van der Waals surface area contributed by atoms with E-state index >= 15 is 0 Å². The maximum absolute atomic E-state index is 13.0. The Hall–Kier alpha value is -3.48. The molecule has 0 saturated carbocycles. The average Bonchev–Trinajstić information content (AvgIpc) is 3.17. The number of benzene rings is 1. The Labute approximate surface area is 189 Å². The molecule has 180 valence electrons. The zero-order valence-corrected chi connectivity index (χ0v) is 18.2. The van der Waals surface area contributed by atoms with Crippen LogP contribution in [0.3, 0.4) is 0 Å². The van der Waals surface area contributed by atoms with Crippen molar-refractivity contribution in [3.8, 4) is 0 Å². The second-order valence-corrected chi connectivity index (χ2v) is 7.72. The molecule has 0 aliphatic rings. The molecular weight excluding hydrogens is 434 g/mol. The van der Waals surface area contributed by atoms with E-state index in [-0.39, 0.29) is 6.42 Å². The van der Waals surface area contributed by atoms with Gasteiger partial charge in [0.15, 0.2) is 0 Å². The van der Waals surface area contributed by atoms with Crippen molar-refractivity contribution in [3.63, 3.8) is 0 Å². The first-order valence-electron chi connectivity index (χ1n) is 10.3. The van der Waals surface area contributed by atoms with Gasteiger partial charge in [0.1, 0.15) is 18.1 Å². The van der Waals surface area contributed by atoms with Gasteiger partial charge in [-0.2, -0.15) is 0 Å². The highest BCUT2D eigenvalue weighted by Crippen LogP contribution is 2.19. The summed E-state index contributed by atoms with van der Waals surface area (Å²) in [5.41, 5.74) is 7.16. The Morgan fingerprint density at radius 1 is 1.00 bits per heavy atom. The normalized spacial score (nSPS) is 15.7. The lowest BCUT2D eigenvalue weighted by atomic mass is 10.0. The summed E-state index contributed by atoms with van der Waals surface area (Å²) in [5, 5.41) is 35.9. The third-order valence-corrected chi connectivity index (χ3v) is 5.01. The van der Waals surface area contributed by atoms with Gasteiger partial charge in [0.2, 0.25) is 17.7 Å². The number of aliphatic carboxylic acids is 1. The minimum atomic E-state index is -1.62. The third-order valence-electron chi connectivity index (χ3n) is 5.01. The molecule has 2 aromatic rings. The lowest BCUT2D eigenvalue weighted by Gasteiger charge is -2.26. The molecule has 9 N–H and O–H groups in total. The van der Waals surface area contributed by atoms with Crippen LogP contribution in [0, 0.1) is 0 Å². The van der Waals surface area contributed by atoms with E-state index in [1.54, 1.807) is 6.20 Å². The Morgan fingerprint density at radius 3 is 2.21 bits per heavy atom. The number of aromatic amines is 1. The summed E-state index contributed by atoms with van der Waals surface area (Å²) in [6, 6.07) is 2.15. The van der Waals surface area contributed by atoms with Crippen molar-refractivity contribution in [3.05, 3.63) is 36.0 Å².